The molecule has 1 aliphatic heterocycles. The Morgan fingerprint density at radius 2 is 2.00 bits per heavy atom. The molecule has 2 aromatic rings. The molecule has 3 rings (SSSR count). The number of carbonyl (C=O) groups excluding carboxylic acids is 1. The molecule has 25 heavy (non-hydrogen) atoms. The van der Waals surface area contributed by atoms with Gasteiger partial charge in [-0.15, -0.1) is 0 Å². The maximum absolute atomic E-state index is 13.3. The van der Waals surface area contributed by atoms with E-state index in [9.17, 15) is 19.3 Å². The number of fused-ring (bicyclic) bond motifs is 1. The van der Waals surface area contributed by atoms with Crippen LogP contribution in [-0.2, 0) is 0 Å². The number of nitrogens with zero attached hydrogens (tertiary/aromatic N) is 1. The monoisotopic (exact) mass is 367 g/mol. The van der Waals surface area contributed by atoms with Crippen LogP contribution in [0.15, 0.2) is 30.3 Å². The molecule has 130 valence electrons. The lowest BCUT2D eigenvalue weighted by Crippen LogP contribution is -2.10. The predicted molar refractivity (Wildman–Crippen MR) is 85.1 cm³/mol. The fraction of sp³-hybridized carbons (Fsp3) is 0.188. The smallest absolute Gasteiger partial charge is 0.343 e. The number of ether oxygens (including phenoxy) is 3. The van der Waals surface area contributed by atoms with Gasteiger partial charge in [0.1, 0.15) is 5.82 Å². The van der Waals surface area contributed by atoms with Crippen molar-refractivity contribution in [2.45, 2.75) is 6.42 Å². The van der Waals surface area contributed by atoms with Crippen LogP contribution in [0.1, 0.15) is 16.8 Å². The number of hydrogen-bond donors (Lipinski definition) is 0. The van der Waals surface area contributed by atoms with Gasteiger partial charge < -0.3 is 14.2 Å². The molecule has 1 aliphatic rings. The first-order valence-electron chi connectivity index (χ1n) is 7.21. The zero-order chi connectivity index (χ0) is 18.0. The molecular formula is C16H11ClFNO6. The minimum atomic E-state index is -0.939. The first-order chi connectivity index (χ1) is 12.0. The summed E-state index contributed by atoms with van der Waals surface area (Å²) in [4.78, 5) is 22.5. The van der Waals surface area contributed by atoms with E-state index in [1.165, 1.54) is 12.1 Å². The summed E-state index contributed by atoms with van der Waals surface area (Å²) in [6, 6.07) is 5.24. The van der Waals surface area contributed by atoms with Gasteiger partial charge in [-0.1, -0.05) is 11.6 Å². The SMILES string of the molecule is O=C(Oc1cc(F)ccc1[N+](=O)[O-])c1cc(Cl)c2c(c1)OCCCO2. The molecule has 0 atom stereocenters. The molecular weight excluding hydrogens is 357 g/mol. The molecule has 0 unspecified atom stereocenters. The van der Waals surface area contributed by atoms with E-state index in [0.29, 0.717) is 25.4 Å². The van der Waals surface area contributed by atoms with Crippen LogP contribution in [0.4, 0.5) is 10.1 Å². The van der Waals surface area contributed by atoms with E-state index in [4.69, 9.17) is 25.8 Å². The number of benzene rings is 2. The van der Waals surface area contributed by atoms with Crippen molar-refractivity contribution in [2.24, 2.45) is 0 Å². The number of rotatable bonds is 3. The molecule has 0 saturated heterocycles. The van der Waals surface area contributed by atoms with E-state index in [1.54, 1.807) is 0 Å². The fourth-order valence-corrected chi connectivity index (χ4v) is 2.49. The van der Waals surface area contributed by atoms with Gasteiger partial charge in [0.2, 0.25) is 5.75 Å². The number of hydrogen-bond acceptors (Lipinski definition) is 6. The summed E-state index contributed by atoms with van der Waals surface area (Å²) in [6.45, 7) is 0.809. The van der Waals surface area contributed by atoms with Gasteiger partial charge in [0.05, 0.1) is 28.7 Å². The van der Waals surface area contributed by atoms with Gasteiger partial charge in [0.15, 0.2) is 11.5 Å². The number of halogens is 2. The summed E-state index contributed by atoms with van der Waals surface area (Å²) >= 11 is 6.09. The van der Waals surface area contributed by atoms with E-state index < -0.39 is 28.1 Å². The molecule has 0 saturated carbocycles. The van der Waals surface area contributed by atoms with Crippen LogP contribution in [0.5, 0.6) is 17.2 Å². The van der Waals surface area contributed by atoms with Crippen molar-refractivity contribution in [2.75, 3.05) is 13.2 Å². The summed E-state index contributed by atoms with van der Waals surface area (Å²) in [5, 5.41) is 11.1. The molecule has 1 heterocycles. The lowest BCUT2D eigenvalue weighted by molar-refractivity contribution is -0.385. The Balaban J connectivity index is 1.92. The minimum Gasteiger partial charge on any atom is -0.489 e. The third-order valence-electron chi connectivity index (χ3n) is 3.36. The Hall–Kier alpha value is -2.87. The van der Waals surface area contributed by atoms with Gasteiger partial charge >= 0.3 is 11.7 Å². The zero-order valence-electron chi connectivity index (χ0n) is 12.7. The van der Waals surface area contributed by atoms with Gasteiger partial charge in [-0.25, -0.2) is 9.18 Å². The van der Waals surface area contributed by atoms with Crippen molar-refractivity contribution >= 4 is 23.3 Å². The standard InChI is InChI=1S/C16H11ClFNO6/c17-11-6-9(7-14-15(11)24-5-1-4-23-14)16(20)25-13-8-10(18)2-3-12(13)19(21)22/h2-3,6-8H,1,4-5H2. The van der Waals surface area contributed by atoms with Crippen LogP contribution in [0.2, 0.25) is 5.02 Å². The fourth-order valence-electron chi connectivity index (χ4n) is 2.23. The Morgan fingerprint density at radius 3 is 2.76 bits per heavy atom. The summed E-state index contributed by atoms with van der Waals surface area (Å²) in [6.07, 6.45) is 0.653. The zero-order valence-corrected chi connectivity index (χ0v) is 13.4. The predicted octanol–water partition coefficient (Wildman–Crippen LogP) is 3.77. The van der Waals surface area contributed by atoms with Crippen LogP contribution < -0.4 is 14.2 Å². The Morgan fingerprint density at radius 1 is 1.24 bits per heavy atom. The second kappa shape index (κ2) is 6.94. The van der Waals surface area contributed by atoms with Gasteiger partial charge in [0.25, 0.3) is 0 Å². The van der Waals surface area contributed by atoms with Gasteiger partial charge in [-0.3, -0.25) is 10.1 Å². The average molecular weight is 368 g/mol. The Labute approximate surface area is 146 Å². The highest BCUT2D eigenvalue weighted by molar-refractivity contribution is 6.32. The topological polar surface area (TPSA) is 87.9 Å². The van der Waals surface area contributed by atoms with Gasteiger partial charge in [0, 0.05) is 18.6 Å². The summed E-state index contributed by atoms with van der Waals surface area (Å²) in [5.41, 5.74) is -0.539. The molecule has 2 aromatic carbocycles. The molecule has 0 N–H and O–H groups in total. The van der Waals surface area contributed by atoms with Crippen molar-refractivity contribution in [1.82, 2.24) is 0 Å². The lowest BCUT2D eigenvalue weighted by Gasteiger charge is -2.11. The maximum Gasteiger partial charge on any atom is 0.343 e. The molecule has 0 aromatic heterocycles. The van der Waals surface area contributed by atoms with Crippen LogP contribution in [-0.4, -0.2) is 24.1 Å². The quantitative estimate of drug-likeness (QED) is 0.355. The lowest BCUT2D eigenvalue weighted by atomic mass is 10.2. The molecule has 0 amide bonds. The highest BCUT2D eigenvalue weighted by Crippen LogP contribution is 2.38. The number of nitro benzene ring substituents is 1. The Bertz CT molecular complexity index is 857. The van der Waals surface area contributed by atoms with Crippen LogP contribution >= 0.6 is 11.6 Å². The third-order valence-corrected chi connectivity index (χ3v) is 3.64. The molecule has 7 nitrogen and oxygen atoms in total. The largest absolute Gasteiger partial charge is 0.489 e. The molecule has 0 bridgehead atoms. The summed E-state index contributed by atoms with van der Waals surface area (Å²) in [5.74, 6) is -1.63. The van der Waals surface area contributed by atoms with Crippen molar-refractivity contribution in [3.8, 4) is 17.2 Å². The number of esters is 1. The Kier molecular flexibility index (Phi) is 4.71. The van der Waals surface area contributed by atoms with Crippen LogP contribution in [0.25, 0.3) is 0 Å². The summed E-state index contributed by atoms with van der Waals surface area (Å²) in [7, 11) is 0. The van der Waals surface area contributed by atoms with E-state index in [0.717, 1.165) is 18.2 Å². The first-order valence-corrected chi connectivity index (χ1v) is 7.59. The maximum atomic E-state index is 13.3. The van der Waals surface area contributed by atoms with Gasteiger partial charge in [-0.2, -0.15) is 0 Å². The normalized spacial score (nSPS) is 13.0. The molecule has 9 heteroatoms. The highest BCUT2D eigenvalue weighted by Gasteiger charge is 2.23. The van der Waals surface area contributed by atoms with Crippen LogP contribution in [0, 0.1) is 15.9 Å². The van der Waals surface area contributed by atoms with E-state index in [2.05, 4.69) is 0 Å². The number of carbonyl (C=O) groups is 1. The van der Waals surface area contributed by atoms with Gasteiger partial charge in [-0.05, 0) is 18.2 Å². The highest BCUT2D eigenvalue weighted by atomic mass is 35.5. The van der Waals surface area contributed by atoms with Crippen molar-refractivity contribution in [3.05, 3.63) is 56.8 Å². The number of nitro groups is 1. The van der Waals surface area contributed by atoms with Crippen molar-refractivity contribution in [3.63, 3.8) is 0 Å². The first kappa shape index (κ1) is 17.0. The third kappa shape index (κ3) is 3.63. The second-order valence-corrected chi connectivity index (χ2v) is 5.50. The van der Waals surface area contributed by atoms with E-state index in [1.807, 2.05) is 0 Å². The minimum absolute atomic E-state index is 0.00666. The van der Waals surface area contributed by atoms with E-state index >= 15 is 0 Å². The van der Waals surface area contributed by atoms with Crippen LogP contribution in [0.3, 0.4) is 0 Å². The molecule has 0 fully saturated rings. The van der Waals surface area contributed by atoms with Crippen molar-refractivity contribution in [1.29, 1.82) is 0 Å². The molecule has 0 spiro atoms. The van der Waals surface area contributed by atoms with Crippen molar-refractivity contribution < 1.29 is 28.3 Å². The molecule has 0 radical (unpaired) electrons. The summed E-state index contributed by atoms with van der Waals surface area (Å²) < 4.78 is 29.2. The average Bonchev–Trinajstić information content (AvgIpc) is 2.80. The van der Waals surface area contributed by atoms with E-state index in [-0.39, 0.29) is 16.3 Å². The second-order valence-electron chi connectivity index (χ2n) is 5.09. The molecule has 0 aliphatic carbocycles.